The summed E-state index contributed by atoms with van der Waals surface area (Å²) in [5.74, 6) is -4.55. The smallest absolute Gasteiger partial charge is 0.433 e. The molecule has 0 saturated heterocycles. The highest BCUT2D eigenvalue weighted by atomic mass is 79.9. The number of carbonyl (C=O) groups excluding carboxylic acids is 3. The number of hydrogen-bond acceptors (Lipinski definition) is 4. The molecule has 0 radical (unpaired) electrons. The Morgan fingerprint density at radius 1 is 0.974 bits per heavy atom. The van der Waals surface area contributed by atoms with Gasteiger partial charge in [0.05, 0.1) is 5.69 Å². The number of ether oxygens (including phenoxy) is 1. The lowest BCUT2D eigenvalue weighted by molar-refractivity contribution is -0.348. The van der Waals surface area contributed by atoms with E-state index >= 15 is 0 Å². The molecular weight excluding hydrogens is 621 g/mol. The van der Waals surface area contributed by atoms with Crippen LogP contribution in [0.25, 0.3) is 0 Å². The molecule has 0 aliphatic heterocycles. The van der Waals surface area contributed by atoms with Gasteiger partial charge in [-0.15, -0.1) is 0 Å². The fourth-order valence-electron chi connectivity index (χ4n) is 3.00. The quantitative estimate of drug-likeness (QED) is 0.288. The van der Waals surface area contributed by atoms with Crippen LogP contribution in [-0.2, 0) is 15.3 Å². The lowest BCUT2D eigenvalue weighted by Crippen LogP contribution is -2.50. The van der Waals surface area contributed by atoms with Crippen LogP contribution in [0.1, 0.15) is 22.8 Å². The maximum absolute atomic E-state index is 14.5. The Bertz CT molecular complexity index is 1240. The normalized spacial score (nSPS) is 12.2. The van der Waals surface area contributed by atoms with E-state index in [1.165, 1.54) is 19.2 Å². The van der Waals surface area contributed by atoms with Crippen molar-refractivity contribution in [2.24, 2.45) is 0 Å². The molecule has 2 aromatic rings. The van der Waals surface area contributed by atoms with Crippen LogP contribution in [0.5, 0.6) is 5.75 Å². The summed E-state index contributed by atoms with van der Waals surface area (Å²) in [5, 5.41) is 4.19. The molecule has 0 fully saturated rings. The second-order valence-electron chi connectivity index (χ2n) is 7.67. The number of nitrogens with one attached hydrogen (secondary N) is 2. The molecule has 3 amide bonds. The first-order valence-corrected chi connectivity index (χ1v) is 11.2. The van der Waals surface area contributed by atoms with Gasteiger partial charge in [-0.2, -0.15) is 35.1 Å². The third-order valence-electron chi connectivity index (χ3n) is 5.09. The summed E-state index contributed by atoms with van der Waals surface area (Å²) >= 11 is 2.56. The molecule has 0 saturated carbocycles. The average Bonchev–Trinajstić information content (AvgIpc) is 2.82. The number of likely N-dealkylation sites (N-methyl/N-ethyl adjacent to an activating group) is 1. The Balaban J connectivity index is 2.48. The van der Waals surface area contributed by atoms with E-state index < -0.39 is 63.8 Å². The maximum Gasteiger partial charge on any atom is 0.435 e. The Hall–Kier alpha value is -3.50. The van der Waals surface area contributed by atoms with E-state index in [9.17, 15) is 53.9 Å². The molecule has 0 unspecified atom stereocenters. The van der Waals surface area contributed by atoms with Crippen molar-refractivity contribution in [3.63, 3.8) is 0 Å². The molecule has 2 rings (SSSR count). The number of benzene rings is 2. The van der Waals surface area contributed by atoms with Crippen LogP contribution < -0.4 is 15.4 Å². The van der Waals surface area contributed by atoms with Crippen LogP contribution in [0.2, 0.25) is 0 Å². The zero-order valence-electron chi connectivity index (χ0n) is 19.6. The van der Waals surface area contributed by atoms with Crippen molar-refractivity contribution < 1.29 is 58.6 Å². The van der Waals surface area contributed by atoms with E-state index in [0.29, 0.717) is 0 Å². The van der Waals surface area contributed by atoms with Gasteiger partial charge in [-0.25, -0.2) is 4.39 Å². The minimum absolute atomic E-state index is 0.00140. The summed E-state index contributed by atoms with van der Waals surface area (Å²) < 4.78 is 123. The zero-order chi connectivity index (χ0) is 29.9. The van der Waals surface area contributed by atoms with Crippen molar-refractivity contribution in [1.82, 2.24) is 4.90 Å². The van der Waals surface area contributed by atoms with Gasteiger partial charge in [0.25, 0.3) is 5.91 Å². The summed E-state index contributed by atoms with van der Waals surface area (Å²) in [6.07, 6.45) is -13.1. The molecule has 0 aliphatic carbocycles. The second kappa shape index (κ2) is 11.7. The number of carbonyl (C=O) groups is 3. The van der Waals surface area contributed by atoms with E-state index in [2.05, 4.69) is 26.0 Å². The molecule has 7 nitrogen and oxygen atoms in total. The van der Waals surface area contributed by atoms with Gasteiger partial charge < -0.3 is 20.3 Å². The van der Waals surface area contributed by atoms with Gasteiger partial charge in [0.15, 0.2) is 5.75 Å². The fourth-order valence-corrected chi connectivity index (χ4v) is 3.55. The number of alkyl halides is 9. The summed E-state index contributed by atoms with van der Waals surface area (Å²) in [6.45, 7) is -1.99. The Labute approximate surface area is 222 Å². The number of halogens is 10. The predicted molar refractivity (Wildman–Crippen MR) is 122 cm³/mol. The van der Waals surface area contributed by atoms with Crippen LogP contribution in [-0.4, -0.2) is 55.2 Å². The maximum atomic E-state index is 14.5. The third kappa shape index (κ3) is 6.93. The molecule has 0 spiro atoms. The SMILES string of the molecule is CCN(C)C(=O)C(=O)Nc1cccc(C(=O)Nc2c(Br)cc(C(F)(C(F)(F)F)C(F)(F)F)cc2OC(F)F)c1. The van der Waals surface area contributed by atoms with Crippen LogP contribution in [0, 0.1) is 0 Å². The Morgan fingerprint density at radius 3 is 2.08 bits per heavy atom. The van der Waals surface area contributed by atoms with E-state index in [1.807, 2.05) is 5.32 Å². The Morgan fingerprint density at radius 2 is 1.56 bits per heavy atom. The first-order valence-electron chi connectivity index (χ1n) is 10.4. The van der Waals surface area contributed by atoms with Gasteiger partial charge in [-0.3, -0.25) is 14.4 Å². The summed E-state index contributed by atoms with van der Waals surface area (Å²) in [4.78, 5) is 37.8. The van der Waals surface area contributed by atoms with Crippen molar-refractivity contribution in [2.75, 3.05) is 24.2 Å². The van der Waals surface area contributed by atoms with E-state index in [4.69, 9.17) is 0 Å². The highest BCUT2D eigenvalue weighted by Crippen LogP contribution is 2.55. The molecule has 17 heteroatoms. The molecule has 0 aromatic heterocycles. The summed E-state index contributed by atoms with van der Waals surface area (Å²) in [7, 11) is 1.35. The van der Waals surface area contributed by atoms with Crippen LogP contribution in [0.4, 0.5) is 50.9 Å². The minimum Gasteiger partial charge on any atom is -0.433 e. The van der Waals surface area contributed by atoms with Crippen LogP contribution >= 0.6 is 15.9 Å². The van der Waals surface area contributed by atoms with Gasteiger partial charge in [0.1, 0.15) is 0 Å². The van der Waals surface area contributed by atoms with Crippen molar-refractivity contribution >= 4 is 45.0 Å². The number of anilines is 2. The van der Waals surface area contributed by atoms with Gasteiger partial charge >= 0.3 is 36.4 Å². The van der Waals surface area contributed by atoms with Crippen LogP contribution in [0.3, 0.4) is 0 Å². The lowest BCUT2D eigenvalue weighted by Gasteiger charge is -2.31. The van der Waals surface area contributed by atoms with E-state index in [-0.39, 0.29) is 29.9 Å². The summed E-state index contributed by atoms with van der Waals surface area (Å²) in [6, 6.07) is 4.42. The van der Waals surface area contributed by atoms with Crippen molar-refractivity contribution in [3.05, 3.63) is 52.0 Å². The third-order valence-corrected chi connectivity index (χ3v) is 5.71. The molecule has 0 atom stereocenters. The second-order valence-corrected chi connectivity index (χ2v) is 8.53. The van der Waals surface area contributed by atoms with E-state index in [1.54, 1.807) is 6.92 Å². The summed E-state index contributed by atoms with van der Waals surface area (Å²) in [5.41, 5.74) is -9.34. The molecule has 2 N–H and O–H groups in total. The molecule has 0 aliphatic rings. The van der Waals surface area contributed by atoms with E-state index in [0.717, 1.165) is 17.0 Å². The molecule has 39 heavy (non-hydrogen) atoms. The molecular formula is C22H17BrF9N3O4. The molecule has 0 heterocycles. The van der Waals surface area contributed by atoms with Gasteiger partial charge in [-0.1, -0.05) is 6.07 Å². The molecule has 214 valence electrons. The monoisotopic (exact) mass is 637 g/mol. The highest BCUT2D eigenvalue weighted by molar-refractivity contribution is 9.10. The number of amides is 3. The average molecular weight is 638 g/mol. The first-order chi connectivity index (χ1) is 17.8. The van der Waals surface area contributed by atoms with Crippen molar-refractivity contribution in [1.29, 1.82) is 0 Å². The van der Waals surface area contributed by atoms with Gasteiger partial charge in [-0.05, 0) is 53.2 Å². The zero-order valence-corrected chi connectivity index (χ0v) is 21.2. The highest BCUT2D eigenvalue weighted by Gasteiger charge is 2.73. The largest absolute Gasteiger partial charge is 0.435 e. The van der Waals surface area contributed by atoms with Gasteiger partial charge in [0.2, 0.25) is 0 Å². The minimum atomic E-state index is -6.55. The predicted octanol–water partition coefficient (Wildman–Crippen LogP) is 6.01. The van der Waals surface area contributed by atoms with Gasteiger partial charge in [0, 0.05) is 34.9 Å². The first kappa shape index (κ1) is 31.7. The van der Waals surface area contributed by atoms with Crippen molar-refractivity contribution in [2.45, 2.75) is 31.6 Å². The fraction of sp³-hybridized carbons (Fsp3) is 0.318. The topological polar surface area (TPSA) is 87.7 Å². The number of hydrogen-bond donors (Lipinski definition) is 2. The molecule has 2 aromatic carbocycles. The molecule has 0 bridgehead atoms. The number of nitrogens with zero attached hydrogens (tertiary/aromatic N) is 1. The standard InChI is InChI=1S/C22H17BrF9N3O4/c1-3-35(2)18(38)17(37)33-12-6-4-5-10(7-12)16(36)34-15-13(23)8-11(9-14(15)39-19(24)25)20(26,21(27,28)29)22(30,31)32/h4-9,19H,3H2,1-2H3,(H,33,37)(H,34,36). The lowest BCUT2D eigenvalue weighted by atomic mass is 9.93. The van der Waals surface area contributed by atoms with Crippen molar-refractivity contribution in [3.8, 4) is 5.75 Å². The number of rotatable bonds is 7. The Kier molecular flexibility index (Phi) is 9.52. The van der Waals surface area contributed by atoms with Crippen LogP contribution in [0.15, 0.2) is 40.9 Å².